The Labute approximate surface area is 177 Å². The van der Waals surface area contributed by atoms with Crippen molar-refractivity contribution in [3.05, 3.63) is 83.2 Å². The fraction of sp³-hybridized carbons (Fsp3) is 0.125. The van der Waals surface area contributed by atoms with Crippen LogP contribution in [0.3, 0.4) is 0 Å². The summed E-state index contributed by atoms with van der Waals surface area (Å²) in [6.07, 6.45) is 2.06. The van der Waals surface area contributed by atoms with Crippen LogP contribution in [0.1, 0.15) is 33.6 Å². The summed E-state index contributed by atoms with van der Waals surface area (Å²) >= 11 is 1.59. The van der Waals surface area contributed by atoms with E-state index in [9.17, 15) is 9.59 Å². The highest BCUT2D eigenvalue weighted by Gasteiger charge is 2.24. The van der Waals surface area contributed by atoms with Crippen LogP contribution >= 0.6 is 11.3 Å². The molecule has 148 valence electrons. The number of amides is 2. The van der Waals surface area contributed by atoms with Crippen molar-refractivity contribution in [1.82, 2.24) is 10.3 Å². The SMILES string of the molecule is O=C(NC1CC1)c1cccc(NC(=O)c2cc(-c3cccs3)nc3ccccc23)c1. The Bertz CT molecular complexity index is 1250. The first kappa shape index (κ1) is 18.5. The van der Waals surface area contributed by atoms with Gasteiger partial charge in [0.15, 0.2) is 0 Å². The molecule has 0 aliphatic heterocycles. The van der Waals surface area contributed by atoms with E-state index in [2.05, 4.69) is 10.6 Å². The largest absolute Gasteiger partial charge is 0.349 e. The lowest BCUT2D eigenvalue weighted by Gasteiger charge is -2.11. The van der Waals surface area contributed by atoms with Gasteiger partial charge in [0.25, 0.3) is 11.8 Å². The summed E-state index contributed by atoms with van der Waals surface area (Å²) in [6.45, 7) is 0. The van der Waals surface area contributed by atoms with Gasteiger partial charge < -0.3 is 10.6 Å². The number of nitrogens with zero attached hydrogens (tertiary/aromatic N) is 1. The zero-order chi connectivity index (χ0) is 20.5. The van der Waals surface area contributed by atoms with Crippen LogP contribution in [-0.2, 0) is 0 Å². The van der Waals surface area contributed by atoms with Crippen LogP contribution in [0.2, 0.25) is 0 Å². The van der Waals surface area contributed by atoms with Gasteiger partial charge in [0, 0.05) is 22.7 Å². The Kier molecular flexibility index (Phi) is 4.77. The van der Waals surface area contributed by atoms with E-state index in [-0.39, 0.29) is 17.9 Å². The van der Waals surface area contributed by atoms with Crippen LogP contribution < -0.4 is 10.6 Å². The van der Waals surface area contributed by atoms with Crippen molar-refractivity contribution in [3.8, 4) is 10.6 Å². The highest BCUT2D eigenvalue weighted by atomic mass is 32.1. The molecule has 0 atom stereocenters. The Morgan fingerprint density at radius 2 is 1.80 bits per heavy atom. The molecule has 1 saturated carbocycles. The molecule has 5 nitrogen and oxygen atoms in total. The Hall–Kier alpha value is -3.51. The van der Waals surface area contributed by atoms with E-state index in [0.29, 0.717) is 16.8 Å². The predicted molar refractivity (Wildman–Crippen MR) is 120 cm³/mol. The van der Waals surface area contributed by atoms with Gasteiger partial charge in [-0.1, -0.05) is 30.3 Å². The molecule has 2 aromatic carbocycles. The first-order valence-corrected chi connectivity index (χ1v) is 10.7. The first-order valence-electron chi connectivity index (χ1n) is 9.83. The zero-order valence-electron chi connectivity index (χ0n) is 16.1. The van der Waals surface area contributed by atoms with Crippen LogP contribution in [0.5, 0.6) is 0 Å². The van der Waals surface area contributed by atoms with Gasteiger partial charge in [0.2, 0.25) is 0 Å². The van der Waals surface area contributed by atoms with Crippen LogP contribution in [0.4, 0.5) is 5.69 Å². The molecule has 2 heterocycles. The second-order valence-electron chi connectivity index (χ2n) is 7.33. The number of benzene rings is 2. The average molecular weight is 414 g/mol. The van der Waals surface area contributed by atoms with Crippen molar-refractivity contribution in [3.63, 3.8) is 0 Å². The maximum atomic E-state index is 13.2. The van der Waals surface area contributed by atoms with Gasteiger partial charge in [0.1, 0.15) is 0 Å². The minimum Gasteiger partial charge on any atom is -0.349 e. The number of hydrogen-bond donors (Lipinski definition) is 2. The molecule has 1 aliphatic carbocycles. The number of carbonyl (C=O) groups is 2. The number of rotatable bonds is 5. The molecule has 5 rings (SSSR count). The smallest absolute Gasteiger partial charge is 0.256 e. The van der Waals surface area contributed by atoms with E-state index in [4.69, 9.17) is 4.98 Å². The molecular formula is C24H19N3O2S. The number of pyridine rings is 1. The van der Waals surface area contributed by atoms with E-state index < -0.39 is 0 Å². The number of nitrogens with one attached hydrogen (secondary N) is 2. The van der Waals surface area contributed by atoms with Crippen LogP contribution in [0.25, 0.3) is 21.5 Å². The highest BCUT2D eigenvalue weighted by Crippen LogP contribution is 2.28. The number of thiophene rings is 1. The van der Waals surface area contributed by atoms with Crippen molar-refractivity contribution < 1.29 is 9.59 Å². The molecule has 2 N–H and O–H groups in total. The number of para-hydroxylation sites is 1. The van der Waals surface area contributed by atoms with Crippen LogP contribution in [0, 0.1) is 0 Å². The molecule has 1 fully saturated rings. The van der Waals surface area contributed by atoms with Gasteiger partial charge in [-0.05, 0) is 54.6 Å². The second-order valence-corrected chi connectivity index (χ2v) is 8.28. The summed E-state index contributed by atoms with van der Waals surface area (Å²) in [5, 5.41) is 8.69. The molecule has 0 saturated heterocycles. The van der Waals surface area contributed by atoms with E-state index >= 15 is 0 Å². The number of aromatic nitrogens is 1. The number of hydrogen-bond acceptors (Lipinski definition) is 4. The Morgan fingerprint density at radius 3 is 2.60 bits per heavy atom. The molecule has 0 spiro atoms. The molecule has 2 amide bonds. The molecule has 6 heteroatoms. The zero-order valence-corrected chi connectivity index (χ0v) is 16.9. The quantitative estimate of drug-likeness (QED) is 0.478. The first-order chi connectivity index (χ1) is 14.7. The van der Waals surface area contributed by atoms with Crippen molar-refractivity contribution in [2.75, 3.05) is 5.32 Å². The minimum atomic E-state index is -0.230. The fourth-order valence-electron chi connectivity index (χ4n) is 3.35. The van der Waals surface area contributed by atoms with E-state index in [1.807, 2.05) is 47.8 Å². The molecule has 1 aliphatic rings. The number of fused-ring (bicyclic) bond motifs is 1. The third-order valence-electron chi connectivity index (χ3n) is 5.03. The van der Waals surface area contributed by atoms with Crippen molar-refractivity contribution in [2.24, 2.45) is 0 Å². The molecule has 0 unspecified atom stereocenters. The molecule has 2 aromatic heterocycles. The van der Waals surface area contributed by atoms with Gasteiger partial charge in [-0.25, -0.2) is 4.98 Å². The van der Waals surface area contributed by atoms with Crippen molar-refractivity contribution in [2.45, 2.75) is 18.9 Å². The monoisotopic (exact) mass is 413 g/mol. The Morgan fingerprint density at radius 1 is 0.933 bits per heavy atom. The van der Waals surface area contributed by atoms with E-state index in [0.717, 1.165) is 34.3 Å². The third-order valence-corrected chi connectivity index (χ3v) is 5.92. The topological polar surface area (TPSA) is 71.1 Å². The maximum Gasteiger partial charge on any atom is 0.256 e. The van der Waals surface area contributed by atoms with E-state index in [1.165, 1.54) is 0 Å². The molecule has 30 heavy (non-hydrogen) atoms. The molecular weight excluding hydrogens is 394 g/mol. The second kappa shape index (κ2) is 7.72. The lowest BCUT2D eigenvalue weighted by atomic mass is 10.1. The van der Waals surface area contributed by atoms with Gasteiger partial charge in [-0.3, -0.25) is 9.59 Å². The normalized spacial score (nSPS) is 13.2. The molecule has 0 radical (unpaired) electrons. The third kappa shape index (κ3) is 3.82. The van der Waals surface area contributed by atoms with Gasteiger partial charge in [0.05, 0.1) is 21.7 Å². The summed E-state index contributed by atoms with van der Waals surface area (Å²) < 4.78 is 0. The lowest BCUT2D eigenvalue weighted by Crippen LogP contribution is -2.25. The Balaban J connectivity index is 1.47. The maximum absolute atomic E-state index is 13.2. The average Bonchev–Trinajstić information content (AvgIpc) is 3.41. The minimum absolute atomic E-state index is 0.108. The summed E-state index contributed by atoms with van der Waals surface area (Å²) in [5.41, 5.74) is 3.22. The van der Waals surface area contributed by atoms with Crippen LogP contribution in [-0.4, -0.2) is 22.8 Å². The number of carbonyl (C=O) groups excluding carboxylic acids is 2. The van der Waals surface area contributed by atoms with Gasteiger partial charge in [-0.15, -0.1) is 11.3 Å². The lowest BCUT2D eigenvalue weighted by molar-refractivity contribution is 0.0949. The van der Waals surface area contributed by atoms with Crippen LogP contribution in [0.15, 0.2) is 72.1 Å². The standard InChI is InChI=1S/C24H19N3O2S/c28-23(25-16-10-11-16)15-5-3-6-17(13-15)26-24(29)19-14-21(22-9-4-12-30-22)27-20-8-2-1-7-18(19)20/h1-9,12-14,16H,10-11H2,(H,25,28)(H,26,29). The molecule has 0 bridgehead atoms. The summed E-state index contributed by atoms with van der Waals surface area (Å²) in [5.74, 6) is -0.339. The highest BCUT2D eigenvalue weighted by molar-refractivity contribution is 7.13. The fourth-order valence-corrected chi connectivity index (χ4v) is 4.03. The number of anilines is 1. The predicted octanol–water partition coefficient (Wildman–Crippen LogP) is 5.11. The summed E-state index contributed by atoms with van der Waals surface area (Å²) in [7, 11) is 0. The van der Waals surface area contributed by atoms with Crippen molar-refractivity contribution >= 4 is 39.7 Å². The van der Waals surface area contributed by atoms with Crippen molar-refractivity contribution in [1.29, 1.82) is 0 Å². The van der Waals surface area contributed by atoms with E-state index in [1.54, 1.807) is 35.6 Å². The summed E-state index contributed by atoms with van der Waals surface area (Å²) in [6, 6.07) is 20.7. The summed E-state index contributed by atoms with van der Waals surface area (Å²) in [4.78, 5) is 31.2. The van der Waals surface area contributed by atoms with Gasteiger partial charge in [-0.2, -0.15) is 0 Å². The molecule has 4 aromatic rings. The van der Waals surface area contributed by atoms with Gasteiger partial charge >= 0.3 is 0 Å².